The molecule has 0 aliphatic heterocycles. The molecule has 5 nitrogen and oxygen atoms in total. The van der Waals surface area contributed by atoms with Crippen LogP contribution in [-0.4, -0.2) is 17.4 Å². The summed E-state index contributed by atoms with van der Waals surface area (Å²) in [5.41, 5.74) is -0.888. The average Bonchev–Trinajstić information content (AvgIpc) is 2.75. The van der Waals surface area contributed by atoms with Gasteiger partial charge in [0.15, 0.2) is 0 Å². The molecule has 0 N–H and O–H groups in total. The van der Waals surface area contributed by atoms with Gasteiger partial charge in [-0.05, 0) is 31.2 Å². The quantitative estimate of drug-likeness (QED) is 0.873. The van der Waals surface area contributed by atoms with Gasteiger partial charge in [0.25, 0.3) is 0 Å². The highest BCUT2D eigenvalue weighted by atomic mass is 32.2. The van der Waals surface area contributed by atoms with Gasteiger partial charge in [0, 0.05) is 12.4 Å². The Morgan fingerprint density at radius 2 is 1.80 bits per heavy atom. The number of alkyl halides is 3. The SMILES string of the molecule is Cc1nccn1S(=O)(=O)Oc1ccc(C(F)(F)F)cc1. The van der Waals surface area contributed by atoms with Crippen LogP contribution in [0, 0.1) is 6.92 Å². The van der Waals surface area contributed by atoms with Crippen molar-refractivity contribution < 1.29 is 25.8 Å². The van der Waals surface area contributed by atoms with Crippen LogP contribution in [0.15, 0.2) is 36.7 Å². The summed E-state index contributed by atoms with van der Waals surface area (Å²) >= 11 is 0. The number of benzene rings is 1. The molecule has 0 fully saturated rings. The lowest BCUT2D eigenvalue weighted by Crippen LogP contribution is -2.19. The predicted octanol–water partition coefficient (Wildman–Crippen LogP) is 2.38. The highest BCUT2D eigenvalue weighted by Gasteiger charge is 2.30. The third-order valence-corrected chi connectivity index (χ3v) is 3.68. The molecule has 0 aliphatic carbocycles. The lowest BCUT2D eigenvalue weighted by atomic mass is 10.2. The zero-order valence-electron chi connectivity index (χ0n) is 10.1. The topological polar surface area (TPSA) is 61.2 Å². The van der Waals surface area contributed by atoms with E-state index in [0.717, 1.165) is 28.2 Å². The van der Waals surface area contributed by atoms with E-state index in [2.05, 4.69) is 4.98 Å². The Balaban J connectivity index is 2.25. The Morgan fingerprint density at radius 1 is 1.20 bits per heavy atom. The second-order valence-corrected chi connectivity index (χ2v) is 5.25. The van der Waals surface area contributed by atoms with Crippen LogP contribution in [0.3, 0.4) is 0 Å². The normalized spacial score (nSPS) is 12.4. The summed E-state index contributed by atoms with van der Waals surface area (Å²) < 4.78 is 66.3. The zero-order valence-corrected chi connectivity index (χ0v) is 10.9. The number of nitrogens with zero attached hydrogens (tertiary/aromatic N) is 2. The zero-order chi connectivity index (χ0) is 15.0. The highest BCUT2D eigenvalue weighted by Crippen LogP contribution is 2.30. The number of halogens is 3. The number of hydrogen-bond donors (Lipinski definition) is 0. The Bertz CT molecular complexity index is 705. The summed E-state index contributed by atoms with van der Waals surface area (Å²) in [6.45, 7) is 1.45. The van der Waals surface area contributed by atoms with Crippen LogP contribution < -0.4 is 4.18 Å². The third-order valence-electron chi connectivity index (χ3n) is 2.41. The molecule has 9 heteroatoms. The molecular weight excluding hydrogens is 297 g/mol. The fourth-order valence-electron chi connectivity index (χ4n) is 1.46. The molecule has 1 aromatic carbocycles. The van der Waals surface area contributed by atoms with Gasteiger partial charge in [-0.25, -0.2) is 4.98 Å². The molecule has 0 saturated heterocycles. The average molecular weight is 306 g/mol. The third kappa shape index (κ3) is 2.93. The van der Waals surface area contributed by atoms with Gasteiger partial charge in [-0.15, -0.1) is 0 Å². The number of hydrogen-bond acceptors (Lipinski definition) is 4. The van der Waals surface area contributed by atoms with Gasteiger partial charge in [-0.3, -0.25) is 0 Å². The summed E-state index contributed by atoms with van der Waals surface area (Å²) in [5.74, 6) is -0.0389. The first-order valence-electron chi connectivity index (χ1n) is 5.32. The molecule has 20 heavy (non-hydrogen) atoms. The van der Waals surface area contributed by atoms with Crippen LogP contribution in [0.2, 0.25) is 0 Å². The van der Waals surface area contributed by atoms with Crippen molar-refractivity contribution in [2.75, 3.05) is 0 Å². The van der Waals surface area contributed by atoms with Crippen LogP contribution in [0.5, 0.6) is 5.75 Å². The van der Waals surface area contributed by atoms with E-state index in [1.807, 2.05) is 0 Å². The molecule has 0 unspecified atom stereocenters. The Labute approximate surface area is 112 Å². The second kappa shape index (κ2) is 4.82. The van der Waals surface area contributed by atoms with Crippen molar-refractivity contribution in [2.45, 2.75) is 13.1 Å². The number of rotatable bonds is 3. The van der Waals surface area contributed by atoms with Crippen LogP contribution in [0.4, 0.5) is 13.2 Å². The number of aryl methyl sites for hydroxylation is 1. The van der Waals surface area contributed by atoms with Gasteiger partial charge in [0.1, 0.15) is 11.6 Å². The van der Waals surface area contributed by atoms with E-state index in [-0.39, 0.29) is 11.6 Å². The van der Waals surface area contributed by atoms with Gasteiger partial charge in [0.05, 0.1) is 5.56 Å². The summed E-state index contributed by atoms with van der Waals surface area (Å²) in [5, 5.41) is 0. The van der Waals surface area contributed by atoms with Gasteiger partial charge in [-0.1, -0.05) is 0 Å². The predicted molar refractivity (Wildman–Crippen MR) is 63.4 cm³/mol. The van der Waals surface area contributed by atoms with Crippen molar-refractivity contribution in [1.82, 2.24) is 8.96 Å². The van der Waals surface area contributed by atoms with Crippen molar-refractivity contribution >= 4 is 10.3 Å². The highest BCUT2D eigenvalue weighted by molar-refractivity contribution is 7.85. The lowest BCUT2D eigenvalue weighted by Gasteiger charge is -2.10. The van der Waals surface area contributed by atoms with Crippen LogP contribution in [0.25, 0.3) is 0 Å². The molecule has 108 valence electrons. The fraction of sp³-hybridized carbons (Fsp3) is 0.182. The molecule has 1 heterocycles. The summed E-state index contributed by atoms with van der Waals surface area (Å²) in [6, 6.07) is 3.36. The molecule has 1 aromatic heterocycles. The summed E-state index contributed by atoms with van der Waals surface area (Å²) in [6.07, 6.45) is -2.05. The second-order valence-electron chi connectivity index (χ2n) is 3.83. The van der Waals surface area contributed by atoms with Crippen LogP contribution >= 0.6 is 0 Å². The fourth-order valence-corrected chi connectivity index (χ4v) is 2.47. The molecule has 2 rings (SSSR count). The van der Waals surface area contributed by atoms with E-state index in [9.17, 15) is 21.6 Å². The molecular formula is C11H9F3N2O3S. The van der Waals surface area contributed by atoms with Crippen molar-refractivity contribution in [3.8, 4) is 5.75 Å². The Hall–Kier alpha value is -2.03. The van der Waals surface area contributed by atoms with Crippen molar-refractivity contribution in [3.05, 3.63) is 48.0 Å². The van der Waals surface area contributed by atoms with E-state index in [1.54, 1.807) is 0 Å². The minimum Gasteiger partial charge on any atom is -0.366 e. The van der Waals surface area contributed by atoms with Gasteiger partial charge >= 0.3 is 16.5 Å². The van der Waals surface area contributed by atoms with Crippen LogP contribution in [0.1, 0.15) is 11.4 Å². The summed E-state index contributed by atoms with van der Waals surface area (Å²) in [7, 11) is -4.18. The minimum atomic E-state index is -4.49. The van der Waals surface area contributed by atoms with Crippen molar-refractivity contribution in [3.63, 3.8) is 0 Å². The minimum absolute atomic E-state index is 0.178. The lowest BCUT2D eigenvalue weighted by molar-refractivity contribution is -0.137. The smallest absolute Gasteiger partial charge is 0.366 e. The van der Waals surface area contributed by atoms with Gasteiger partial charge in [0.2, 0.25) is 0 Å². The van der Waals surface area contributed by atoms with Gasteiger partial charge in [-0.2, -0.15) is 25.6 Å². The largest absolute Gasteiger partial charge is 0.416 e. The van der Waals surface area contributed by atoms with Crippen LogP contribution in [-0.2, 0) is 16.5 Å². The standard InChI is InChI=1S/C11H9F3N2O3S/c1-8-15-6-7-16(8)20(17,18)19-10-4-2-9(3-5-10)11(12,13)14/h2-7H,1H3. The molecule has 0 atom stereocenters. The van der Waals surface area contributed by atoms with E-state index < -0.39 is 22.0 Å². The molecule has 0 saturated carbocycles. The van der Waals surface area contributed by atoms with E-state index in [4.69, 9.17) is 4.18 Å². The van der Waals surface area contributed by atoms with E-state index in [1.165, 1.54) is 19.3 Å². The maximum absolute atomic E-state index is 12.4. The molecule has 0 spiro atoms. The maximum atomic E-state index is 12.4. The monoisotopic (exact) mass is 306 g/mol. The molecule has 0 aliphatic rings. The molecule has 0 amide bonds. The summed E-state index contributed by atoms with van der Waals surface area (Å²) in [4.78, 5) is 3.73. The number of aromatic nitrogens is 2. The van der Waals surface area contributed by atoms with Crippen molar-refractivity contribution in [2.24, 2.45) is 0 Å². The Kier molecular flexibility index (Phi) is 3.46. The first-order chi connectivity index (χ1) is 9.20. The van der Waals surface area contributed by atoms with E-state index >= 15 is 0 Å². The van der Waals surface area contributed by atoms with Crippen molar-refractivity contribution in [1.29, 1.82) is 0 Å². The maximum Gasteiger partial charge on any atom is 0.416 e. The molecule has 2 aromatic rings. The molecule has 0 bridgehead atoms. The molecule has 0 radical (unpaired) electrons. The van der Waals surface area contributed by atoms with E-state index in [0.29, 0.717) is 0 Å². The van der Waals surface area contributed by atoms with Gasteiger partial charge < -0.3 is 4.18 Å². The number of imidazole rings is 1. The first-order valence-corrected chi connectivity index (χ1v) is 6.69. The first kappa shape index (κ1) is 14.4. The Morgan fingerprint density at radius 3 is 2.25 bits per heavy atom.